The lowest BCUT2D eigenvalue weighted by atomic mass is 9.96. The summed E-state index contributed by atoms with van der Waals surface area (Å²) in [5.41, 5.74) is 0. The van der Waals surface area contributed by atoms with E-state index in [4.69, 9.17) is 23.7 Å². The summed E-state index contributed by atoms with van der Waals surface area (Å²) in [7, 11) is 0. The van der Waals surface area contributed by atoms with Gasteiger partial charge >= 0.3 is 0 Å². The molecule has 3 rings (SSSR count). The summed E-state index contributed by atoms with van der Waals surface area (Å²) < 4.78 is 26.7. The minimum Gasteiger partial charge on any atom is -0.394 e. The molecule has 3 heterocycles. The number of aliphatic hydroxyl groups excluding tert-OH is 11. The maximum atomic E-state index is 10.6. The molecule has 3 fully saturated rings. The highest BCUT2D eigenvalue weighted by atomic mass is 16.8. The molecule has 11 N–H and O–H groups in total. The molecule has 0 spiro atoms. The van der Waals surface area contributed by atoms with Gasteiger partial charge in [0, 0.05) is 0 Å². The third kappa shape index (κ3) is 5.37. The number of aliphatic hydroxyl groups is 11. The van der Waals surface area contributed by atoms with Gasteiger partial charge in [0.05, 0.1) is 19.8 Å². The van der Waals surface area contributed by atoms with Crippen molar-refractivity contribution in [3.05, 3.63) is 0 Å². The van der Waals surface area contributed by atoms with Gasteiger partial charge in [-0.15, -0.1) is 0 Å². The standard InChI is InChI=1S/C18H32O16/c19-1-4-7(22)9(24)13(28)17(31-4)34-15-10(25)8(23)5(2-20)32-18(15)33-14-6(3-21)30-16(29)12(27)11(14)26/h4-29H,1-3H2/t4?,5?,6?,7-,8-,9?,10+,11-,12?,13?,14-,15?,16-,17-,18-/m1/s1. The zero-order valence-corrected chi connectivity index (χ0v) is 17.7. The molecule has 16 nitrogen and oxygen atoms in total. The lowest BCUT2D eigenvalue weighted by molar-refractivity contribution is -0.387. The molecule has 0 radical (unpaired) electrons. The molecule has 3 aliphatic heterocycles. The Hall–Kier alpha value is -0.640. The van der Waals surface area contributed by atoms with Gasteiger partial charge in [0.15, 0.2) is 18.9 Å². The third-order valence-electron chi connectivity index (χ3n) is 6.09. The summed E-state index contributed by atoms with van der Waals surface area (Å²) in [4.78, 5) is 0. The van der Waals surface area contributed by atoms with Gasteiger partial charge in [-0.05, 0) is 0 Å². The summed E-state index contributed by atoms with van der Waals surface area (Å²) in [5.74, 6) is 0. The Morgan fingerprint density at radius 1 is 0.441 bits per heavy atom. The Labute approximate surface area is 192 Å². The van der Waals surface area contributed by atoms with Crippen LogP contribution in [-0.4, -0.2) is 168 Å². The Morgan fingerprint density at radius 3 is 1.47 bits per heavy atom. The monoisotopic (exact) mass is 504 g/mol. The summed E-state index contributed by atoms with van der Waals surface area (Å²) in [6.45, 7) is -2.35. The van der Waals surface area contributed by atoms with Crippen molar-refractivity contribution in [3.63, 3.8) is 0 Å². The second-order valence-electron chi connectivity index (χ2n) is 8.33. The van der Waals surface area contributed by atoms with Crippen molar-refractivity contribution in [2.75, 3.05) is 19.8 Å². The molecule has 0 aromatic heterocycles. The highest BCUT2D eigenvalue weighted by Crippen LogP contribution is 2.32. The maximum absolute atomic E-state index is 10.6. The van der Waals surface area contributed by atoms with E-state index in [2.05, 4.69) is 0 Å². The van der Waals surface area contributed by atoms with E-state index >= 15 is 0 Å². The van der Waals surface area contributed by atoms with E-state index in [1.54, 1.807) is 0 Å². The van der Waals surface area contributed by atoms with Gasteiger partial charge in [-0.3, -0.25) is 0 Å². The Kier molecular flexibility index (Phi) is 9.54. The van der Waals surface area contributed by atoms with Crippen LogP contribution in [0, 0.1) is 0 Å². The molecule has 0 saturated carbocycles. The van der Waals surface area contributed by atoms with Crippen LogP contribution < -0.4 is 0 Å². The van der Waals surface area contributed by atoms with E-state index in [-0.39, 0.29) is 0 Å². The lowest BCUT2D eigenvalue weighted by Gasteiger charge is -2.48. The van der Waals surface area contributed by atoms with Gasteiger partial charge in [0.2, 0.25) is 0 Å². The summed E-state index contributed by atoms with van der Waals surface area (Å²) >= 11 is 0. The maximum Gasteiger partial charge on any atom is 0.187 e. The second-order valence-corrected chi connectivity index (χ2v) is 8.33. The fourth-order valence-corrected chi connectivity index (χ4v) is 4.04. The molecular formula is C18H32O16. The van der Waals surface area contributed by atoms with Gasteiger partial charge in [-0.25, -0.2) is 0 Å². The second kappa shape index (κ2) is 11.6. The van der Waals surface area contributed by atoms with Gasteiger partial charge in [-0.1, -0.05) is 0 Å². The normalized spacial score (nSPS) is 52.5. The largest absolute Gasteiger partial charge is 0.394 e. The number of hydrogen-bond acceptors (Lipinski definition) is 16. The highest BCUT2D eigenvalue weighted by Gasteiger charge is 2.53. The topological polar surface area (TPSA) is 269 Å². The molecule has 3 saturated heterocycles. The summed E-state index contributed by atoms with van der Waals surface area (Å²) in [5, 5.41) is 109. The molecule has 200 valence electrons. The average molecular weight is 504 g/mol. The fourth-order valence-electron chi connectivity index (χ4n) is 4.04. The van der Waals surface area contributed by atoms with Crippen molar-refractivity contribution in [1.82, 2.24) is 0 Å². The summed E-state index contributed by atoms with van der Waals surface area (Å²) in [6, 6.07) is 0. The van der Waals surface area contributed by atoms with Crippen LogP contribution in [0.3, 0.4) is 0 Å². The van der Waals surface area contributed by atoms with Gasteiger partial charge < -0.3 is 79.9 Å². The molecule has 0 aromatic carbocycles. The highest BCUT2D eigenvalue weighted by molar-refractivity contribution is 4.96. The van der Waals surface area contributed by atoms with E-state index in [0.717, 1.165) is 0 Å². The van der Waals surface area contributed by atoms with Crippen molar-refractivity contribution >= 4 is 0 Å². The molecule has 7 unspecified atom stereocenters. The first-order chi connectivity index (χ1) is 16.0. The molecule has 34 heavy (non-hydrogen) atoms. The fraction of sp³-hybridized carbons (Fsp3) is 1.00. The first-order valence-corrected chi connectivity index (χ1v) is 10.6. The van der Waals surface area contributed by atoms with Gasteiger partial charge in [0.25, 0.3) is 0 Å². The van der Waals surface area contributed by atoms with Crippen LogP contribution in [0.15, 0.2) is 0 Å². The van der Waals surface area contributed by atoms with Gasteiger partial charge in [0.1, 0.15) is 73.2 Å². The lowest BCUT2D eigenvalue weighted by Crippen LogP contribution is -2.66. The van der Waals surface area contributed by atoms with E-state index in [9.17, 15) is 56.2 Å². The van der Waals surface area contributed by atoms with Crippen LogP contribution >= 0.6 is 0 Å². The van der Waals surface area contributed by atoms with E-state index < -0.39 is 112 Å². The van der Waals surface area contributed by atoms with E-state index in [1.807, 2.05) is 0 Å². The van der Waals surface area contributed by atoms with Crippen molar-refractivity contribution in [2.45, 2.75) is 92.1 Å². The molecule has 0 bridgehead atoms. The van der Waals surface area contributed by atoms with Crippen molar-refractivity contribution < 1.29 is 79.9 Å². The quantitative estimate of drug-likeness (QED) is 0.154. The third-order valence-corrected chi connectivity index (χ3v) is 6.09. The SMILES string of the molecule is OCC1O[C@H](OC2[C@@H](O[C@@H]3C(CO)O[C@@H](O)C(O)[C@H]3O)OC(CO)[C@@H](O)[C@@H]2O)C(O)C(O)[C@@H]1O. The molecule has 16 heteroatoms. The first kappa shape index (κ1) is 27.9. The predicted octanol–water partition coefficient (Wildman–Crippen LogP) is -7.57. The molecule has 0 aromatic rings. The van der Waals surface area contributed by atoms with Crippen molar-refractivity contribution in [3.8, 4) is 0 Å². The Balaban J connectivity index is 1.84. The molecule has 3 aliphatic rings. The molecular weight excluding hydrogens is 472 g/mol. The number of ether oxygens (including phenoxy) is 5. The van der Waals surface area contributed by atoms with Crippen LogP contribution in [0.25, 0.3) is 0 Å². The van der Waals surface area contributed by atoms with Crippen LogP contribution in [0.5, 0.6) is 0 Å². The minimum atomic E-state index is -1.89. The zero-order valence-electron chi connectivity index (χ0n) is 17.7. The van der Waals surface area contributed by atoms with Crippen LogP contribution in [0.4, 0.5) is 0 Å². The number of rotatable bonds is 7. The zero-order chi connectivity index (χ0) is 25.3. The van der Waals surface area contributed by atoms with E-state index in [0.29, 0.717) is 0 Å². The Morgan fingerprint density at radius 2 is 0.912 bits per heavy atom. The predicted molar refractivity (Wildman–Crippen MR) is 101 cm³/mol. The first-order valence-electron chi connectivity index (χ1n) is 10.6. The van der Waals surface area contributed by atoms with Crippen molar-refractivity contribution in [2.24, 2.45) is 0 Å². The average Bonchev–Trinajstić information content (AvgIpc) is 2.83. The van der Waals surface area contributed by atoms with Crippen LogP contribution in [-0.2, 0) is 23.7 Å². The van der Waals surface area contributed by atoms with Crippen LogP contribution in [0.1, 0.15) is 0 Å². The minimum absolute atomic E-state index is 0.770. The molecule has 0 aliphatic carbocycles. The molecule has 0 amide bonds. The molecule has 15 atom stereocenters. The van der Waals surface area contributed by atoms with E-state index in [1.165, 1.54) is 0 Å². The van der Waals surface area contributed by atoms with Crippen LogP contribution in [0.2, 0.25) is 0 Å². The Bertz CT molecular complexity index is 637. The van der Waals surface area contributed by atoms with Crippen molar-refractivity contribution in [1.29, 1.82) is 0 Å². The summed E-state index contributed by atoms with van der Waals surface area (Å²) in [6.07, 6.45) is -25.6. The number of hydrogen-bond donors (Lipinski definition) is 11. The van der Waals surface area contributed by atoms with Gasteiger partial charge in [-0.2, -0.15) is 0 Å². The smallest absolute Gasteiger partial charge is 0.187 e.